The van der Waals surface area contributed by atoms with Gasteiger partial charge in [0.15, 0.2) is 5.60 Å². The summed E-state index contributed by atoms with van der Waals surface area (Å²) in [6.07, 6.45) is 0. The number of hydrogen-bond acceptors (Lipinski definition) is 2. The summed E-state index contributed by atoms with van der Waals surface area (Å²) in [5.41, 5.74) is 1.29. The molecule has 0 N–H and O–H groups in total. The average molecular weight is 233 g/mol. The van der Waals surface area contributed by atoms with Crippen LogP contribution in [0.25, 0.3) is 0 Å². The third-order valence-corrected chi connectivity index (χ3v) is 3.20. The van der Waals surface area contributed by atoms with Gasteiger partial charge in [-0.2, -0.15) is 0 Å². The summed E-state index contributed by atoms with van der Waals surface area (Å²) in [6.45, 7) is 7.89. The summed E-state index contributed by atoms with van der Waals surface area (Å²) < 4.78 is 5.80. The van der Waals surface area contributed by atoms with Crippen molar-refractivity contribution in [2.75, 3.05) is 11.9 Å². The summed E-state index contributed by atoms with van der Waals surface area (Å²) in [6, 6.07) is 6.04. The molecule has 1 aliphatic heterocycles. The number of hydrogen-bond donors (Lipinski definition) is 0. The molecule has 1 aromatic carbocycles. The number of amides is 1. The van der Waals surface area contributed by atoms with Crippen molar-refractivity contribution in [3.63, 3.8) is 0 Å². The van der Waals surface area contributed by atoms with Crippen molar-refractivity contribution < 1.29 is 9.53 Å². The highest BCUT2D eigenvalue weighted by atomic mass is 16.5. The number of carbonyl (C=O) groups is 1. The molecule has 0 aliphatic carbocycles. The molecule has 0 atom stereocenters. The number of rotatable bonds is 1. The molecule has 1 heterocycles. The smallest absolute Gasteiger partial charge is 0.270 e. The van der Waals surface area contributed by atoms with Gasteiger partial charge in [-0.1, -0.05) is 19.9 Å². The molecular weight excluding hydrogens is 214 g/mol. The van der Waals surface area contributed by atoms with Crippen molar-refractivity contribution in [3.05, 3.63) is 23.8 Å². The van der Waals surface area contributed by atoms with Gasteiger partial charge in [0.05, 0.1) is 5.69 Å². The van der Waals surface area contributed by atoms with Crippen molar-refractivity contribution in [2.24, 2.45) is 0 Å². The van der Waals surface area contributed by atoms with E-state index in [9.17, 15) is 4.79 Å². The zero-order valence-corrected chi connectivity index (χ0v) is 11.1. The normalized spacial score (nSPS) is 18.0. The van der Waals surface area contributed by atoms with Crippen LogP contribution >= 0.6 is 0 Å². The molecule has 0 radical (unpaired) electrons. The van der Waals surface area contributed by atoms with Gasteiger partial charge >= 0.3 is 0 Å². The molecule has 0 spiro atoms. The van der Waals surface area contributed by atoms with E-state index in [2.05, 4.69) is 19.9 Å². The molecule has 3 heteroatoms. The van der Waals surface area contributed by atoms with Crippen molar-refractivity contribution in [3.8, 4) is 5.75 Å². The molecule has 0 saturated carbocycles. The van der Waals surface area contributed by atoms with Crippen molar-refractivity contribution in [2.45, 2.75) is 39.2 Å². The number of carbonyl (C=O) groups excluding carboxylic acids is 1. The third-order valence-electron chi connectivity index (χ3n) is 3.20. The molecule has 1 aliphatic rings. The highest BCUT2D eigenvalue weighted by Gasteiger charge is 2.39. The summed E-state index contributed by atoms with van der Waals surface area (Å²) in [7, 11) is 1.79. The number of ether oxygens (including phenoxy) is 1. The van der Waals surface area contributed by atoms with Gasteiger partial charge in [-0.25, -0.2) is 0 Å². The van der Waals surface area contributed by atoms with Gasteiger partial charge < -0.3 is 9.64 Å². The van der Waals surface area contributed by atoms with Crippen LogP contribution in [0, 0.1) is 0 Å². The van der Waals surface area contributed by atoms with Gasteiger partial charge in [0, 0.05) is 7.05 Å². The summed E-state index contributed by atoms with van der Waals surface area (Å²) in [4.78, 5) is 13.7. The van der Waals surface area contributed by atoms with Crippen LogP contribution in [0.4, 0.5) is 5.69 Å². The fourth-order valence-corrected chi connectivity index (χ4v) is 2.08. The molecule has 1 aromatic rings. The fourth-order valence-electron chi connectivity index (χ4n) is 2.08. The van der Waals surface area contributed by atoms with E-state index >= 15 is 0 Å². The van der Waals surface area contributed by atoms with E-state index in [0.717, 1.165) is 11.4 Å². The quantitative estimate of drug-likeness (QED) is 0.746. The first-order valence-corrected chi connectivity index (χ1v) is 5.94. The first kappa shape index (κ1) is 12.0. The molecule has 3 nitrogen and oxygen atoms in total. The Balaban J connectivity index is 2.50. The second-order valence-electron chi connectivity index (χ2n) is 5.36. The van der Waals surface area contributed by atoms with Gasteiger partial charge in [0.1, 0.15) is 5.75 Å². The van der Waals surface area contributed by atoms with E-state index in [-0.39, 0.29) is 5.91 Å². The largest absolute Gasteiger partial charge is 0.476 e. The van der Waals surface area contributed by atoms with E-state index in [0.29, 0.717) is 5.92 Å². The lowest BCUT2D eigenvalue weighted by Crippen LogP contribution is -2.50. The van der Waals surface area contributed by atoms with Crippen LogP contribution in [-0.4, -0.2) is 18.6 Å². The lowest BCUT2D eigenvalue weighted by molar-refractivity contribution is -0.132. The number of fused-ring (bicyclic) bond motifs is 1. The Kier molecular flexibility index (Phi) is 2.64. The maximum atomic E-state index is 12.0. The van der Waals surface area contributed by atoms with Crippen LogP contribution in [0.5, 0.6) is 5.75 Å². The van der Waals surface area contributed by atoms with E-state index in [1.165, 1.54) is 5.56 Å². The minimum atomic E-state index is -0.780. The minimum Gasteiger partial charge on any atom is -0.476 e. The van der Waals surface area contributed by atoms with Gasteiger partial charge in [-0.3, -0.25) is 4.79 Å². The summed E-state index contributed by atoms with van der Waals surface area (Å²) >= 11 is 0. The van der Waals surface area contributed by atoms with Crippen LogP contribution < -0.4 is 9.64 Å². The van der Waals surface area contributed by atoms with Crippen molar-refractivity contribution in [1.82, 2.24) is 0 Å². The number of nitrogens with zero attached hydrogens (tertiary/aromatic N) is 1. The lowest BCUT2D eigenvalue weighted by Gasteiger charge is -2.37. The van der Waals surface area contributed by atoms with E-state index in [1.807, 2.05) is 12.1 Å². The zero-order chi connectivity index (χ0) is 12.8. The average Bonchev–Trinajstić information content (AvgIpc) is 2.25. The number of benzene rings is 1. The predicted octanol–water partition coefficient (Wildman–Crippen LogP) is 2.94. The van der Waals surface area contributed by atoms with Crippen LogP contribution in [0.2, 0.25) is 0 Å². The van der Waals surface area contributed by atoms with Crippen LogP contribution in [0.3, 0.4) is 0 Å². The van der Waals surface area contributed by atoms with E-state index in [1.54, 1.807) is 25.8 Å². The summed E-state index contributed by atoms with van der Waals surface area (Å²) in [5.74, 6) is 1.24. The first-order valence-electron chi connectivity index (χ1n) is 5.94. The van der Waals surface area contributed by atoms with Gasteiger partial charge in [-0.05, 0) is 37.5 Å². The fraction of sp³-hybridized carbons (Fsp3) is 0.500. The van der Waals surface area contributed by atoms with Crippen LogP contribution in [-0.2, 0) is 4.79 Å². The van der Waals surface area contributed by atoms with E-state index in [4.69, 9.17) is 4.74 Å². The van der Waals surface area contributed by atoms with Gasteiger partial charge in [0.25, 0.3) is 5.91 Å². The lowest BCUT2D eigenvalue weighted by atomic mass is 9.99. The van der Waals surface area contributed by atoms with Crippen molar-refractivity contribution in [1.29, 1.82) is 0 Å². The molecule has 0 aromatic heterocycles. The minimum absolute atomic E-state index is 0.0118. The Morgan fingerprint density at radius 1 is 1.29 bits per heavy atom. The molecule has 0 saturated heterocycles. The van der Waals surface area contributed by atoms with Crippen molar-refractivity contribution >= 4 is 11.6 Å². The SMILES string of the molecule is CC(C)c1ccc2c(c1)OC(C)(C)C(=O)N2C. The Hall–Kier alpha value is -1.51. The maximum absolute atomic E-state index is 12.0. The molecule has 0 unspecified atom stereocenters. The van der Waals surface area contributed by atoms with Gasteiger partial charge in [0.2, 0.25) is 0 Å². The van der Waals surface area contributed by atoms with Crippen LogP contribution in [0.15, 0.2) is 18.2 Å². The second-order valence-corrected chi connectivity index (χ2v) is 5.36. The Morgan fingerprint density at radius 3 is 2.53 bits per heavy atom. The molecule has 0 bridgehead atoms. The summed E-state index contributed by atoms with van der Waals surface area (Å²) in [5, 5.41) is 0. The van der Waals surface area contributed by atoms with Gasteiger partial charge in [-0.15, -0.1) is 0 Å². The monoisotopic (exact) mass is 233 g/mol. The highest BCUT2D eigenvalue weighted by molar-refractivity contribution is 6.01. The molecule has 1 amide bonds. The maximum Gasteiger partial charge on any atom is 0.270 e. The molecule has 0 fully saturated rings. The number of anilines is 1. The molecular formula is C14H19NO2. The molecule has 2 rings (SSSR count). The molecule has 92 valence electrons. The standard InChI is InChI=1S/C14H19NO2/c1-9(2)10-6-7-11-12(8-10)17-14(3,4)13(16)15(11)5/h6-9H,1-5H3. The zero-order valence-electron chi connectivity index (χ0n) is 11.1. The Morgan fingerprint density at radius 2 is 1.94 bits per heavy atom. The third kappa shape index (κ3) is 1.90. The first-order chi connectivity index (χ1) is 7.83. The molecule has 17 heavy (non-hydrogen) atoms. The Bertz CT molecular complexity index is 463. The Labute approximate surface area is 102 Å². The number of likely N-dealkylation sites (N-methyl/N-ethyl adjacent to an activating group) is 1. The topological polar surface area (TPSA) is 29.5 Å². The van der Waals surface area contributed by atoms with Crippen LogP contribution in [0.1, 0.15) is 39.2 Å². The predicted molar refractivity (Wildman–Crippen MR) is 68.6 cm³/mol. The highest BCUT2D eigenvalue weighted by Crippen LogP contribution is 2.38. The van der Waals surface area contributed by atoms with E-state index < -0.39 is 5.60 Å². The second kappa shape index (κ2) is 3.76.